The number of alkyl carbamates (subject to hydrolysis) is 2. The normalized spacial score (nSPS) is 13.2. The highest BCUT2D eigenvalue weighted by molar-refractivity contribution is 7.18. The molecule has 0 aliphatic rings. The van der Waals surface area contributed by atoms with Crippen LogP contribution in [0, 0.1) is 0 Å². The fourth-order valence-corrected chi connectivity index (χ4v) is 5.61. The van der Waals surface area contributed by atoms with Gasteiger partial charge in [0, 0.05) is 12.8 Å². The summed E-state index contributed by atoms with van der Waals surface area (Å²) in [5.74, 6) is -1.71. The van der Waals surface area contributed by atoms with Crippen molar-refractivity contribution in [2.45, 2.75) is 77.7 Å². The number of benzene rings is 2. The zero-order chi connectivity index (χ0) is 35.7. The predicted octanol–water partition coefficient (Wildman–Crippen LogP) is 6.41. The predicted molar refractivity (Wildman–Crippen MR) is 179 cm³/mol. The van der Waals surface area contributed by atoms with Crippen LogP contribution in [0.25, 0.3) is 43.7 Å². The van der Waals surface area contributed by atoms with Gasteiger partial charge < -0.3 is 39.2 Å². The Balaban J connectivity index is 1.29. The fraction of sp³-hybridized carbons (Fsp3) is 0.353. The lowest BCUT2D eigenvalue weighted by molar-refractivity contribution is -0.140. The Morgan fingerprint density at radius 1 is 0.694 bits per heavy atom. The molecule has 49 heavy (non-hydrogen) atoms. The van der Waals surface area contributed by atoms with Crippen LogP contribution in [0.5, 0.6) is 0 Å². The average molecular weight is 693 g/mol. The quantitative estimate of drug-likeness (QED) is 0.125. The summed E-state index contributed by atoms with van der Waals surface area (Å²) in [7, 11) is 0. The van der Waals surface area contributed by atoms with E-state index >= 15 is 0 Å². The second-order valence-corrected chi connectivity index (χ2v) is 14.4. The highest BCUT2D eigenvalue weighted by atomic mass is 32.1. The number of oxazole rings is 2. The maximum atomic E-state index is 12.2. The van der Waals surface area contributed by atoms with E-state index in [0.29, 0.717) is 54.9 Å². The van der Waals surface area contributed by atoms with Crippen LogP contribution >= 0.6 is 11.3 Å². The van der Waals surface area contributed by atoms with Crippen molar-refractivity contribution in [2.24, 2.45) is 0 Å². The molecule has 2 amide bonds. The van der Waals surface area contributed by atoms with Crippen LogP contribution in [0.2, 0.25) is 0 Å². The van der Waals surface area contributed by atoms with Crippen molar-refractivity contribution in [3.05, 3.63) is 59.7 Å². The minimum atomic E-state index is -1.21. The number of carbonyl (C=O) groups is 4. The Morgan fingerprint density at radius 2 is 1.08 bits per heavy atom. The average Bonchev–Trinajstić information content (AvgIpc) is 3.71. The molecular formula is C34H36N4O10S. The van der Waals surface area contributed by atoms with Gasteiger partial charge in [-0.2, -0.15) is 0 Å². The number of carboxylic acid groups (broad SMARTS) is 2. The summed E-state index contributed by atoms with van der Waals surface area (Å²) in [5.41, 5.74) is 1.73. The van der Waals surface area contributed by atoms with E-state index in [4.69, 9.17) is 18.3 Å². The molecule has 5 rings (SSSR count). The number of fused-ring (bicyclic) bond motifs is 2. The molecule has 5 aromatic rings. The lowest BCUT2D eigenvalue weighted by Crippen LogP contribution is -2.44. The first-order chi connectivity index (χ1) is 22.9. The number of carboxylic acids is 2. The summed E-state index contributed by atoms with van der Waals surface area (Å²) in [4.78, 5) is 58.6. The van der Waals surface area contributed by atoms with Crippen LogP contribution in [0.3, 0.4) is 0 Å². The molecular weight excluding hydrogens is 656 g/mol. The minimum Gasteiger partial charge on any atom is -0.480 e. The van der Waals surface area contributed by atoms with E-state index < -0.39 is 47.4 Å². The first-order valence-corrected chi connectivity index (χ1v) is 16.1. The SMILES string of the molecule is CC(C)(C)OC(=O)N[C@@H](Cc1ccc2oc(-c3ccc(-c4nc5cc(C[C@H](NC(=O)OC(C)(C)C)C(=O)O)ccc5o4)s3)nc2c1)C(=O)O. The van der Waals surface area contributed by atoms with Gasteiger partial charge in [-0.05, 0) is 89.1 Å². The molecule has 0 aliphatic carbocycles. The number of nitrogens with zero attached hydrogens (tertiary/aromatic N) is 2. The lowest BCUT2D eigenvalue weighted by atomic mass is 10.1. The van der Waals surface area contributed by atoms with E-state index in [0.717, 1.165) is 0 Å². The molecule has 14 nitrogen and oxygen atoms in total. The lowest BCUT2D eigenvalue weighted by Gasteiger charge is -2.22. The zero-order valence-electron chi connectivity index (χ0n) is 27.7. The molecule has 3 aromatic heterocycles. The summed E-state index contributed by atoms with van der Waals surface area (Å²) < 4.78 is 22.3. The van der Waals surface area contributed by atoms with Gasteiger partial charge in [0.15, 0.2) is 11.2 Å². The van der Waals surface area contributed by atoms with Crippen molar-refractivity contribution in [3.63, 3.8) is 0 Å². The van der Waals surface area contributed by atoms with Crippen LogP contribution in [0.1, 0.15) is 52.7 Å². The van der Waals surface area contributed by atoms with Crippen LogP contribution in [-0.2, 0) is 31.9 Å². The Labute approximate surface area is 284 Å². The zero-order valence-corrected chi connectivity index (χ0v) is 28.5. The summed E-state index contributed by atoms with van der Waals surface area (Å²) >= 11 is 1.34. The third kappa shape index (κ3) is 9.13. The summed E-state index contributed by atoms with van der Waals surface area (Å²) in [5, 5.41) is 24.1. The molecule has 0 unspecified atom stereocenters. The number of rotatable bonds is 10. The summed E-state index contributed by atoms with van der Waals surface area (Å²) in [6.45, 7) is 10.1. The third-order valence-corrected chi connectivity index (χ3v) is 7.85. The van der Waals surface area contributed by atoms with E-state index in [-0.39, 0.29) is 12.8 Å². The first kappa shape index (κ1) is 34.9. The molecule has 3 heterocycles. The van der Waals surface area contributed by atoms with Gasteiger partial charge in [0.2, 0.25) is 11.8 Å². The second-order valence-electron chi connectivity index (χ2n) is 13.3. The molecule has 15 heteroatoms. The van der Waals surface area contributed by atoms with Crippen molar-refractivity contribution in [1.29, 1.82) is 0 Å². The molecule has 4 N–H and O–H groups in total. The van der Waals surface area contributed by atoms with Gasteiger partial charge in [-0.25, -0.2) is 29.1 Å². The molecule has 0 saturated carbocycles. The number of thiophene rings is 1. The summed E-state index contributed by atoms with van der Waals surface area (Å²) in [6, 6.07) is 11.4. The Kier molecular flexibility index (Phi) is 9.67. The summed E-state index contributed by atoms with van der Waals surface area (Å²) in [6.07, 6.45) is -1.63. The van der Waals surface area contributed by atoms with Gasteiger partial charge >= 0.3 is 24.1 Å². The Hall–Kier alpha value is -5.44. The molecule has 2 atom stereocenters. The molecule has 0 fully saturated rings. The fourth-order valence-electron chi connectivity index (χ4n) is 4.75. The number of amides is 2. The Bertz CT molecular complexity index is 1890. The number of aliphatic carboxylic acids is 2. The molecule has 0 radical (unpaired) electrons. The van der Waals surface area contributed by atoms with E-state index in [1.807, 2.05) is 12.1 Å². The third-order valence-electron chi connectivity index (χ3n) is 6.79. The van der Waals surface area contributed by atoms with Crippen LogP contribution < -0.4 is 10.6 Å². The van der Waals surface area contributed by atoms with E-state index in [1.54, 1.807) is 77.9 Å². The van der Waals surface area contributed by atoms with Crippen molar-refractivity contribution >= 4 is 57.7 Å². The maximum Gasteiger partial charge on any atom is 0.408 e. The highest BCUT2D eigenvalue weighted by Gasteiger charge is 2.26. The van der Waals surface area contributed by atoms with E-state index in [9.17, 15) is 29.4 Å². The van der Waals surface area contributed by atoms with Crippen LogP contribution in [0.4, 0.5) is 9.59 Å². The molecule has 0 aliphatic heterocycles. The Morgan fingerprint density at radius 3 is 1.43 bits per heavy atom. The monoisotopic (exact) mass is 692 g/mol. The van der Waals surface area contributed by atoms with Crippen molar-refractivity contribution in [2.75, 3.05) is 0 Å². The highest BCUT2D eigenvalue weighted by Crippen LogP contribution is 2.36. The maximum absolute atomic E-state index is 12.2. The number of carbonyl (C=O) groups excluding carboxylic acids is 2. The van der Waals surface area contributed by atoms with Crippen LogP contribution in [0.15, 0.2) is 57.4 Å². The topological polar surface area (TPSA) is 203 Å². The number of nitrogens with one attached hydrogen (secondary N) is 2. The second kappa shape index (κ2) is 13.6. The number of aromatic nitrogens is 2. The first-order valence-electron chi connectivity index (χ1n) is 15.3. The van der Waals surface area contributed by atoms with E-state index in [1.165, 1.54) is 11.3 Å². The van der Waals surface area contributed by atoms with E-state index in [2.05, 4.69) is 20.6 Å². The van der Waals surface area contributed by atoms with Crippen molar-refractivity contribution in [3.8, 4) is 21.5 Å². The number of hydrogen-bond donors (Lipinski definition) is 4. The molecule has 2 aromatic carbocycles. The van der Waals surface area contributed by atoms with Gasteiger partial charge in [0.1, 0.15) is 34.3 Å². The standard InChI is InChI=1S/C34H36N4O10S/c1-33(2,3)47-31(43)37-21(29(39)40)15-17-7-9-23-19(13-17)35-27(45-23)25-11-12-26(49-25)28-36-20-14-18(8-10-24(20)46-28)16-22(30(41)42)38-32(44)48-34(4,5)6/h7-14,21-22H,15-16H2,1-6H3,(H,37,43)(H,38,44)(H,39,40)(H,41,42)/t21-,22-/m0/s1. The van der Waals surface area contributed by atoms with Gasteiger partial charge in [0.25, 0.3) is 0 Å². The molecule has 0 spiro atoms. The van der Waals surface area contributed by atoms with Gasteiger partial charge in [-0.1, -0.05) is 12.1 Å². The molecule has 0 saturated heterocycles. The molecule has 0 bridgehead atoms. The van der Waals surface area contributed by atoms with Crippen molar-refractivity contribution in [1.82, 2.24) is 20.6 Å². The minimum absolute atomic E-state index is 0.00646. The number of ether oxygens (including phenoxy) is 2. The number of hydrogen-bond acceptors (Lipinski definition) is 11. The largest absolute Gasteiger partial charge is 0.480 e. The molecule has 258 valence electrons. The smallest absolute Gasteiger partial charge is 0.408 e. The van der Waals surface area contributed by atoms with Gasteiger partial charge in [-0.15, -0.1) is 11.3 Å². The van der Waals surface area contributed by atoms with Crippen LogP contribution in [-0.4, -0.2) is 67.6 Å². The van der Waals surface area contributed by atoms with Gasteiger partial charge in [0.05, 0.1) is 9.75 Å². The van der Waals surface area contributed by atoms with Gasteiger partial charge in [-0.3, -0.25) is 0 Å². The van der Waals surface area contributed by atoms with Crippen molar-refractivity contribution < 1.29 is 47.7 Å².